The molecule has 5 heteroatoms. The Balaban J connectivity index is 2.51. The average molecular weight is 262 g/mol. The maximum absolute atomic E-state index is 12.1. The molecule has 0 aliphatic heterocycles. The molecule has 0 saturated carbocycles. The summed E-state index contributed by atoms with van der Waals surface area (Å²) in [4.78, 5) is 12.1. The van der Waals surface area contributed by atoms with Crippen molar-refractivity contribution in [3.63, 3.8) is 0 Å². The van der Waals surface area contributed by atoms with Crippen LogP contribution in [0.2, 0.25) is 5.02 Å². The summed E-state index contributed by atoms with van der Waals surface area (Å²) >= 11 is 5.90. The van der Waals surface area contributed by atoms with E-state index in [2.05, 4.69) is 0 Å². The lowest BCUT2D eigenvalue weighted by atomic mass is 10.1. The number of carbonyl (C=O) groups excluding carboxylic acids is 1. The van der Waals surface area contributed by atoms with E-state index in [1.165, 1.54) is 4.57 Å². The third kappa shape index (κ3) is 2.54. The number of nitrogens with zero attached hydrogens (tertiary/aromatic N) is 1. The molecule has 0 bridgehead atoms. The van der Waals surface area contributed by atoms with E-state index in [1.807, 2.05) is 20.8 Å². The number of ether oxygens (including phenoxy) is 1. The molecule has 2 aromatic rings. The Hall–Kier alpha value is -1.42. The van der Waals surface area contributed by atoms with Gasteiger partial charge in [0.1, 0.15) is 13.4 Å². The van der Waals surface area contributed by atoms with E-state index in [0.717, 1.165) is 5.39 Å². The van der Waals surface area contributed by atoms with Crippen LogP contribution in [0.4, 0.5) is 4.79 Å². The van der Waals surface area contributed by atoms with E-state index >= 15 is 0 Å². The minimum Gasteiger partial charge on any atom is -0.443 e. The van der Waals surface area contributed by atoms with Crippen LogP contribution in [0.5, 0.6) is 0 Å². The number of aromatic nitrogens is 1. The summed E-state index contributed by atoms with van der Waals surface area (Å²) in [5, 5.41) is 1.41. The molecule has 0 N–H and O–H groups in total. The largest absolute Gasteiger partial charge is 0.443 e. The number of hydrogen-bond donors (Lipinski definition) is 0. The molecular formula is C13H13BClNO2. The second-order valence-corrected chi connectivity index (χ2v) is 5.52. The van der Waals surface area contributed by atoms with Crippen LogP contribution in [0.15, 0.2) is 24.3 Å². The monoisotopic (exact) mass is 261 g/mol. The number of halogens is 1. The SMILES string of the molecule is [B]c1cc2cc(Cl)ccc2n1C(=O)OC(C)(C)C. The lowest BCUT2D eigenvalue weighted by Gasteiger charge is -2.20. The van der Waals surface area contributed by atoms with Gasteiger partial charge in [-0.15, -0.1) is 0 Å². The van der Waals surface area contributed by atoms with Crippen LogP contribution < -0.4 is 5.59 Å². The molecule has 18 heavy (non-hydrogen) atoms. The Morgan fingerprint density at radius 2 is 2.00 bits per heavy atom. The van der Waals surface area contributed by atoms with Crippen LogP contribution in [0.3, 0.4) is 0 Å². The van der Waals surface area contributed by atoms with Crippen LogP contribution in [0, 0.1) is 0 Å². The molecule has 2 radical (unpaired) electrons. The maximum Gasteiger partial charge on any atom is 0.418 e. The van der Waals surface area contributed by atoms with Gasteiger partial charge in [0.2, 0.25) is 0 Å². The topological polar surface area (TPSA) is 31.2 Å². The Morgan fingerprint density at radius 3 is 2.61 bits per heavy atom. The molecule has 1 heterocycles. The lowest BCUT2D eigenvalue weighted by molar-refractivity contribution is 0.0549. The fourth-order valence-corrected chi connectivity index (χ4v) is 1.90. The highest BCUT2D eigenvalue weighted by Gasteiger charge is 2.20. The van der Waals surface area contributed by atoms with Crippen LogP contribution in [0.25, 0.3) is 10.9 Å². The number of carbonyl (C=O) groups is 1. The van der Waals surface area contributed by atoms with Crippen LogP contribution >= 0.6 is 11.6 Å². The second kappa shape index (κ2) is 4.36. The molecule has 1 aromatic carbocycles. The van der Waals surface area contributed by atoms with E-state index in [0.29, 0.717) is 16.1 Å². The van der Waals surface area contributed by atoms with E-state index in [-0.39, 0.29) is 0 Å². The normalized spacial score (nSPS) is 11.8. The molecule has 0 fully saturated rings. The lowest BCUT2D eigenvalue weighted by Crippen LogP contribution is -2.32. The summed E-state index contributed by atoms with van der Waals surface area (Å²) in [6, 6.07) is 6.92. The Kier molecular flexibility index (Phi) is 3.15. The highest BCUT2D eigenvalue weighted by molar-refractivity contribution is 6.35. The zero-order chi connectivity index (χ0) is 13.5. The first-order valence-corrected chi connectivity index (χ1v) is 5.95. The van der Waals surface area contributed by atoms with Crippen LogP contribution in [0.1, 0.15) is 20.8 Å². The van der Waals surface area contributed by atoms with Crippen molar-refractivity contribution >= 4 is 42.0 Å². The highest BCUT2D eigenvalue weighted by Crippen LogP contribution is 2.20. The first kappa shape index (κ1) is 13.0. The predicted molar refractivity (Wildman–Crippen MR) is 74.0 cm³/mol. The highest BCUT2D eigenvalue weighted by atomic mass is 35.5. The van der Waals surface area contributed by atoms with Gasteiger partial charge in [-0.05, 0) is 50.6 Å². The Bertz CT molecular complexity index is 613. The smallest absolute Gasteiger partial charge is 0.418 e. The molecule has 92 valence electrons. The third-order valence-corrected chi connectivity index (χ3v) is 2.60. The fraction of sp³-hybridized carbons (Fsp3) is 0.308. The van der Waals surface area contributed by atoms with Crippen molar-refractivity contribution in [3.05, 3.63) is 29.3 Å². The summed E-state index contributed by atoms with van der Waals surface area (Å²) in [6.07, 6.45) is -0.489. The van der Waals surface area contributed by atoms with Gasteiger partial charge < -0.3 is 4.74 Å². The minimum absolute atomic E-state index is 0.335. The Labute approximate surface area is 112 Å². The van der Waals surface area contributed by atoms with E-state index in [1.54, 1.807) is 24.3 Å². The summed E-state index contributed by atoms with van der Waals surface area (Å²) in [6.45, 7) is 5.43. The van der Waals surface area contributed by atoms with E-state index < -0.39 is 11.7 Å². The van der Waals surface area contributed by atoms with Gasteiger partial charge in [-0.2, -0.15) is 0 Å². The quantitative estimate of drug-likeness (QED) is 0.683. The molecule has 0 amide bonds. The number of rotatable bonds is 0. The molecule has 0 saturated heterocycles. The molecule has 0 aliphatic rings. The number of hydrogen-bond acceptors (Lipinski definition) is 2. The summed E-state index contributed by atoms with van der Waals surface area (Å²) in [5.41, 5.74) is 0.458. The van der Waals surface area contributed by atoms with Crippen molar-refractivity contribution < 1.29 is 9.53 Å². The molecule has 0 atom stereocenters. The zero-order valence-electron chi connectivity index (χ0n) is 10.5. The zero-order valence-corrected chi connectivity index (χ0v) is 11.3. The van der Waals surface area contributed by atoms with Gasteiger partial charge in [-0.3, -0.25) is 4.57 Å². The van der Waals surface area contributed by atoms with Crippen molar-refractivity contribution in [1.82, 2.24) is 4.57 Å². The molecule has 0 unspecified atom stereocenters. The van der Waals surface area contributed by atoms with Gasteiger partial charge in [-0.25, -0.2) is 4.79 Å². The maximum atomic E-state index is 12.1. The minimum atomic E-state index is -0.563. The molecule has 1 aromatic heterocycles. The molecule has 0 spiro atoms. The van der Waals surface area contributed by atoms with Crippen molar-refractivity contribution in [2.45, 2.75) is 26.4 Å². The van der Waals surface area contributed by atoms with E-state index in [9.17, 15) is 4.79 Å². The van der Waals surface area contributed by atoms with Crippen molar-refractivity contribution in [2.75, 3.05) is 0 Å². The van der Waals surface area contributed by atoms with Crippen molar-refractivity contribution in [2.24, 2.45) is 0 Å². The summed E-state index contributed by atoms with van der Waals surface area (Å²) < 4.78 is 6.66. The molecule has 0 aliphatic carbocycles. The molecular weight excluding hydrogens is 248 g/mol. The van der Waals surface area contributed by atoms with Crippen molar-refractivity contribution in [1.29, 1.82) is 0 Å². The summed E-state index contributed by atoms with van der Waals surface area (Å²) in [7, 11) is 5.84. The third-order valence-electron chi connectivity index (χ3n) is 2.37. The molecule has 2 rings (SSSR count). The number of benzene rings is 1. The van der Waals surface area contributed by atoms with Crippen molar-refractivity contribution in [3.8, 4) is 0 Å². The number of fused-ring (bicyclic) bond motifs is 1. The van der Waals surface area contributed by atoms with Gasteiger partial charge in [0.15, 0.2) is 0 Å². The van der Waals surface area contributed by atoms with Crippen LogP contribution in [-0.4, -0.2) is 24.1 Å². The summed E-state index contributed by atoms with van der Waals surface area (Å²) in [5.74, 6) is 0. The first-order valence-electron chi connectivity index (χ1n) is 5.58. The predicted octanol–water partition coefficient (Wildman–Crippen LogP) is 2.87. The molecule has 3 nitrogen and oxygen atoms in total. The standard InChI is InChI=1S/C13H13BClNO2/c1-13(2,3)18-12(17)16-10-5-4-9(15)6-8(10)7-11(16)14/h4-7H,1-3H3. The first-order chi connectivity index (χ1) is 8.28. The van der Waals surface area contributed by atoms with Gasteiger partial charge in [0, 0.05) is 10.4 Å². The van der Waals surface area contributed by atoms with Gasteiger partial charge in [0.05, 0.1) is 5.52 Å². The average Bonchev–Trinajstić information content (AvgIpc) is 2.50. The fourth-order valence-electron chi connectivity index (χ4n) is 1.72. The van der Waals surface area contributed by atoms with E-state index in [4.69, 9.17) is 24.2 Å². The Morgan fingerprint density at radius 1 is 1.33 bits per heavy atom. The second-order valence-electron chi connectivity index (χ2n) is 5.09. The van der Waals surface area contributed by atoms with Gasteiger partial charge in [0.25, 0.3) is 0 Å². The van der Waals surface area contributed by atoms with Crippen LogP contribution in [-0.2, 0) is 4.74 Å². The van der Waals surface area contributed by atoms with Gasteiger partial charge in [-0.1, -0.05) is 11.6 Å². The van der Waals surface area contributed by atoms with Gasteiger partial charge >= 0.3 is 6.09 Å².